The lowest BCUT2D eigenvalue weighted by Gasteiger charge is -2.11. The largest absolute Gasteiger partial charge is 0.462 e. The van der Waals surface area contributed by atoms with Gasteiger partial charge in [-0.25, -0.2) is 13.6 Å². The van der Waals surface area contributed by atoms with Crippen LogP contribution in [-0.4, -0.2) is 17.6 Å². The minimum atomic E-state index is -2.69. The fourth-order valence-corrected chi connectivity index (χ4v) is 2.31. The van der Waals surface area contributed by atoms with Crippen LogP contribution >= 0.6 is 34.2 Å². The molecule has 0 aromatic carbocycles. The van der Waals surface area contributed by atoms with Gasteiger partial charge in [0, 0.05) is 9.77 Å². The number of nitrogens with zero attached hydrogens (tertiary/aromatic N) is 1. The van der Waals surface area contributed by atoms with Gasteiger partial charge in [0.25, 0.3) is 6.43 Å². The van der Waals surface area contributed by atoms with Crippen molar-refractivity contribution in [2.75, 3.05) is 6.61 Å². The van der Waals surface area contributed by atoms with Gasteiger partial charge in [0.2, 0.25) is 0 Å². The van der Waals surface area contributed by atoms with Crippen molar-refractivity contribution >= 4 is 40.2 Å². The van der Waals surface area contributed by atoms with Gasteiger partial charge in [-0.05, 0) is 29.5 Å². The van der Waals surface area contributed by atoms with E-state index in [9.17, 15) is 13.6 Å². The molecule has 3 nitrogen and oxygen atoms in total. The summed E-state index contributed by atoms with van der Waals surface area (Å²) in [4.78, 5) is 15.4. The predicted molar refractivity (Wildman–Crippen MR) is 67.4 cm³/mol. The number of carbonyl (C=O) groups excluding carboxylic acids is 1. The monoisotopic (exact) mass is 375 g/mol. The molecule has 0 N–H and O–H groups in total. The summed E-state index contributed by atoms with van der Waals surface area (Å²) in [5.41, 5.74) is -0.0123. The zero-order valence-electron chi connectivity index (χ0n) is 8.84. The van der Waals surface area contributed by atoms with Crippen molar-refractivity contribution in [3.63, 3.8) is 0 Å². The smallest absolute Gasteiger partial charge is 0.341 e. The molecule has 0 saturated carbocycles. The third kappa shape index (κ3) is 3.25. The molecule has 7 heteroatoms. The molecule has 1 rings (SSSR count). The van der Waals surface area contributed by atoms with Crippen molar-refractivity contribution in [1.82, 2.24) is 4.98 Å². The molecule has 17 heavy (non-hydrogen) atoms. The van der Waals surface area contributed by atoms with Gasteiger partial charge >= 0.3 is 5.97 Å². The number of rotatable bonds is 4. The molecule has 1 heterocycles. The number of hydrogen-bond acceptors (Lipinski definition) is 3. The molecule has 1 aromatic rings. The highest BCUT2D eigenvalue weighted by atomic mass is 127. The van der Waals surface area contributed by atoms with Gasteiger partial charge in [-0.3, -0.25) is 4.98 Å². The van der Waals surface area contributed by atoms with Crippen molar-refractivity contribution in [2.24, 2.45) is 0 Å². The van der Waals surface area contributed by atoms with Gasteiger partial charge in [-0.1, -0.05) is 0 Å². The molecule has 0 aliphatic heterocycles. The van der Waals surface area contributed by atoms with Gasteiger partial charge in [-0.15, -0.1) is 11.6 Å². The molecule has 0 radical (unpaired) electrons. The first-order valence-corrected chi connectivity index (χ1v) is 6.32. The van der Waals surface area contributed by atoms with Crippen LogP contribution in [0.3, 0.4) is 0 Å². The Kier molecular flexibility index (Phi) is 5.51. The summed E-state index contributed by atoms with van der Waals surface area (Å²) >= 11 is 7.30. The third-order valence-electron chi connectivity index (χ3n) is 1.96. The van der Waals surface area contributed by atoms with Crippen LogP contribution in [0, 0.1) is 3.57 Å². The number of alkyl halides is 3. The van der Waals surface area contributed by atoms with Gasteiger partial charge < -0.3 is 4.74 Å². The van der Waals surface area contributed by atoms with E-state index >= 15 is 0 Å². The van der Waals surface area contributed by atoms with Crippen LogP contribution in [0.5, 0.6) is 0 Å². The SMILES string of the molecule is CCOC(=O)c1c(CCl)ncc(C(F)F)c1I. The zero-order valence-corrected chi connectivity index (χ0v) is 11.8. The molecule has 0 aliphatic rings. The van der Waals surface area contributed by atoms with Crippen molar-refractivity contribution in [2.45, 2.75) is 19.2 Å². The predicted octanol–water partition coefficient (Wildman–Crippen LogP) is 3.54. The Hall–Kier alpha value is -0.500. The molecule has 1 aromatic heterocycles. The second-order valence-electron chi connectivity index (χ2n) is 3.00. The first kappa shape index (κ1) is 14.6. The van der Waals surface area contributed by atoms with E-state index in [4.69, 9.17) is 16.3 Å². The van der Waals surface area contributed by atoms with Crippen molar-refractivity contribution in [3.8, 4) is 0 Å². The summed E-state index contributed by atoms with van der Waals surface area (Å²) in [6.07, 6.45) is -1.65. The fraction of sp³-hybridized carbons (Fsp3) is 0.400. The van der Waals surface area contributed by atoms with E-state index in [2.05, 4.69) is 4.98 Å². The van der Waals surface area contributed by atoms with Crippen molar-refractivity contribution in [3.05, 3.63) is 26.6 Å². The molecule has 0 amide bonds. The molecule has 0 spiro atoms. The van der Waals surface area contributed by atoms with Crippen LogP contribution in [0.25, 0.3) is 0 Å². The molecular weight excluding hydrogens is 366 g/mol. The number of halogens is 4. The first-order valence-electron chi connectivity index (χ1n) is 4.71. The summed E-state index contributed by atoms with van der Waals surface area (Å²) in [6, 6.07) is 0. The third-order valence-corrected chi connectivity index (χ3v) is 3.38. The van der Waals surface area contributed by atoms with Gasteiger partial charge in [-0.2, -0.15) is 0 Å². The highest BCUT2D eigenvalue weighted by Crippen LogP contribution is 2.28. The molecule has 94 valence electrons. The van der Waals surface area contributed by atoms with Crippen molar-refractivity contribution in [1.29, 1.82) is 0 Å². The van der Waals surface area contributed by atoms with Crippen LogP contribution in [0.1, 0.15) is 35.0 Å². The molecule has 0 bridgehead atoms. The van der Waals surface area contributed by atoms with E-state index in [0.717, 1.165) is 6.20 Å². The minimum absolute atomic E-state index is 0.0280. The highest BCUT2D eigenvalue weighted by molar-refractivity contribution is 14.1. The van der Waals surface area contributed by atoms with Gasteiger partial charge in [0.05, 0.1) is 29.3 Å². The van der Waals surface area contributed by atoms with E-state index < -0.39 is 12.4 Å². The second-order valence-corrected chi connectivity index (χ2v) is 4.35. The minimum Gasteiger partial charge on any atom is -0.462 e. The highest BCUT2D eigenvalue weighted by Gasteiger charge is 2.23. The number of hydrogen-bond donors (Lipinski definition) is 0. The van der Waals surface area contributed by atoms with Crippen LogP contribution in [0.15, 0.2) is 6.20 Å². The number of ether oxygens (including phenoxy) is 1. The van der Waals surface area contributed by atoms with Crippen LogP contribution < -0.4 is 0 Å². The Bertz CT molecular complexity index is 429. The average Bonchev–Trinajstić information content (AvgIpc) is 2.27. The lowest BCUT2D eigenvalue weighted by molar-refractivity contribution is 0.0523. The quantitative estimate of drug-likeness (QED) is 0.459. The Morgan fingerprint density at radius 2 is 2.29 bits per heavy atom. The normalized spacial score (nSPS) is 10.7. The maximum atomic E-state index is 12.7. The fourth-order valence-electron chi connectivity index (χ4n) is 1.20. The van der Waals surface area contributed by atoms with E-state index in [1.807, 2.05) is 0 Å². The molecule has 0 unspecified atom stereocenters. The Morgan fingerprint density at radius 3 is 2.76 bits per heavy atom. The summed E-state index contributed by atoms with van der Waals surface area (Å²) in [5.74, 6) is -0.712. The summed E-state index contributed by atoms with van der Waals surface area (Å²) in [7, 11) is 0. The maximum absolute atomic E-state index is 12.7. The topological polar surface area (TPSA) is 39.2 Å². The standard InChI is InChI=1S/C10H9ClF2INO2/c1-2-17-10(16)7-6(3-11)15-4-5(8(7)14)9(12)13/h4,9H,2-3H2,1H3. The van der Waals surface area contributed by atoms with E-state index in [0.29, 0.717) is 0 Å². The molecule has 0 aliphatic carbocycles. The van der Waals surface area contributed by atoms with Crippen LogP contribution in [0.2, 0.25) is 0 Å². The van der Waals surface area contributed by atoms with Gasteiger partial charge in [0.15, 0.2) is 0 Å². The van der Waals surface area contributed by atoms with E-state index in [-0.39, 0.29) is 32.9 Å². The lowest BCUT2D eigenvalue weighted by Crippen LogP contribution is -2.13. The molecule has 0 saturated heterocycles. The summed E-state index contributed by atoms with van der Waals surface area (Å²) in [6.45, 7) is 1.80. The molecule has 0 atom stereocenters. The lowest BCUT2D eigenvalue weighted by atomic mass is 10.1. The van der Waals surface area contributed by atoms with E-state index in [1.54, 1.807) is 29.5 Å². The Morgan fingerprint density at radius 1 is 1.65 bits per heavy atom. The average molecular weight is 376 g/mol. The van der Waals surface area contributed by atoms with E-state index in [1.165, 1.54) is 0 Å². The Labute approximate surface area is 116 Å². The number of esters is 1. The first-order chi connectivity index (χ1) is 8.02. The number of aromatic nitrogens is 1. The maximum Gasteiger partial charge on any atom is 0.341 e. The van der Waals surface area contributed by atoms with Crippen LogP contribution in [0.4, 0.5) is 8.78 Å². The zero-order chi connectivity index (χ0) is 13.0. The molecular formula is C10H9ClF2INO2. The van der Waals surface area contributed by atoms with Gasteiger partial charge in [0.1, 0.15) is 0 Å². The Balaban J connectivity index is 3.32. The van der Waals surface area contributed by atoms with Crippen LogP contribution in [-0.2, 0) is 10.6 Å². The summed E-state index contributed by atoms with van der Waals surface area (Å²) < 4.78 is 30.3. The number of carbonyl (C=O) groups is 1. The number of pyridine rings is 1. The van der Waals surface area contributed by atoms with Crippen molar-refractivity contribution < 1.29 is 18.3 Å². The molecule has 0 fully saturated rings. The summed E-state index contributed by atoms with van der Waals surface area (Å²) in [5, 5.41) is 0. The second kappa shape index (κ2) is 6.44.